The van der Waals surface area contributed by atoms with Crippen LogP contribution in [0.25, 0.3) is 11.4 Å². The fourth-order valence-corrected chi connectivity index (χ4v) is 3.08. The van der Waals surface area contributed by atoms with Crippen molar-refractivity contribution in [2.45, 2.75) is 0 Å². The van der Waals surface area contributed by atoms with Gasteiger partial charge in [0.05, 0.1) is 29.1 Å². The number of hydrogen-bond donors (Lipinski definition) is 0. The molecule has 4 aromatic rings. The fraction of sp³-hybridized carbons (Fsp3) is 0.0833. The summed E-state index contributed by atoms with van der Waals surface area (Å²) >= 11 is 0. The minimum absolute atomic E-state index is 0.187. The van der Waals surface area contributed by atoms with E-state index in [0.29, 0.717) is 23.8 Å². The van der Waals surface area contributed by atoms with Crippen LogP contribution in [0.2, 0.25) is 0 Å². The predicted molar refractivity (Wildman–Crippen MR) is 114 cm³/mol. The number of nitriles is 1. The molecule has 1 aromatic heterocycles. The van der Waals surface area contributed by atoms with E-state index in [1.54, 1.807) is 33.6 Å². The van der Waals surface area contributed by atoms with Gasteiger partial charge in [0, 0.05) is 0 Å². The Morgan fingerprint density at radius 2 is 1.30 bits per heavy atom. The second-order valence-electron chi connectivity index (χ2n) is 6.45. The second-order valence-corrected chi connectivity index (χ2v) is 6.45. The van der Waals surface area contributed by atoms with Crippen LogP contribution in [-0.2, 0) is 0 Å². The Morgan fingerprint density at radius 1 is 0.733 bits per heavy atom. The fourth-order valence-electron chi connectivity index (χ4n) is 3.08. The molecule has 6 nitrogen and oxygen atoms in total. The normalized spacial score (nSPS) is 10.4. The van der Waals surface area contributed by atoms with Gasteiger partial charge in [-0.3, -0.25) is 4.79 Å². The van der Waals surface area contributed by atoms with Crippen LogP contribution in [0.1, 0.15) is 5.56 Å². The number of hydrogen-bond acceptors (Lipinski definition) is 4. The van der Waals surface area contributed by atoms with E-state index in [-0.39, 0.29) is 12.2 Å². The Balaban J connectivity index is 1.56. The summed E-state index contributed by atoms with van der Waals surface area (Å²) < 4.78 is 14.9. The van der Waals surface area contributed by atoms with E-state index in [1.165, 1.54) is 6.07 Å². The third-order valence-corrected chi connectivity index (χ3v) is 4.45. The first kappa shape index (κ1) is 19.1. The van der Waals surface area contributed by atoms with E-state index < -0.39 is 0 Å². The van der Waals surface area contributed by atoms with Gasteiger partial charge in [-0.2, -0.15) is 5.26 Å². The van der Waals surface area contributed by atoms with Crippen molar-refractivity contribution in [3.63, 3.8) is 0 Å². The molecule has 0 spiro atoms. The first-order valence-electron chi connectivity index (χ1n) is 9.48. The molecular weight excluding hydrogens is 378 g/mol. The molecule has 0 radical (unpaired) electrons. The average Bonchev–Trinajstić information content (AvgIpc) is 3.14. The molecule has 0 amide bonds. The van der Waals surface area contributed by atoms with Crippen LogP contribution in [0, 0.1) is 11.3 Å². The van der Waals surface area contributed by atoms with E-state index in [2.05, 4.69) is 6.07 Å². The van der Waals surface area contributed by atoms with Gasteiger partial charge in [0.25, 0.3) is 5.56 Å². The zero-order valence-corrected chi connectivity index (χ0v) is 16.1. The lowest BCUT2D eigenvalue weighted by molar-refractivity contribution is 0.207. The summed E-state index contributed by atoms with van der Waals surface area (Å²) in [7, 11) is 0. The Hall–Kier alpha value is -4.24. The van der Waals surface area contributed by atoms with Gasteiger partial charge in [-0.25, -0.2) is 9.36 Å². The van der Waals surface area contributed by atoms with E-state index in [1.807, 2.05) is 60.7 Å². The summed E-state index contributed by atoms with van der Waals surface area (Å²) in [5, 5.41) is 8.85. The summed E-state index contributed by atoms with van der Waals surface area (Å²) in [6, 6.07) is 29.4. The number of ether oxygens (including phenoxy) is 2. The quantitative estimate of drug-likeness (QED) is 0.443. The van der Waals surface area contributed by atoms with Crippen molar-refractivity contribution in [2.24, 2.45) is 0 Å². The highest BCUT2D eigenvalue weighted by Gasteiger charge is 2.15. The molecule has 0 bridgehead atoms. The van der Waals surface area contributed by atoms with Crippen LogP contribution in [0.5, 0.6) is 11.6 Å². The van der Waals surface area contributed by atoms with Crippen LogP contribution < -0.4 is 15.0 Å². The Labute approximate surface area is 173 Å². The van der Waals surface area contributed by atoms with E-state index >= 15 is 0 Å². The molecule has 0 saturated carbocycles. The third kappa shape index (κ3) is 4.10. The molecule has 0 aliphatic heterocycles. The maximum absolute atomic E-state index is 12.8. The molecular formula is C24H19N3O3. The van der Waals surface area contributed by atoms with Crippen LogP contribution >= 0.6 is 0 Å². The van der Waals surface area contributed by atoms with Crippen molar-refractivity contribution in [3.05, 3.63) is 107 Å². The van der Waals surface area contributed by atoms with Gasteiger partial charge in [0.15, 0.2) is 0 Å². The van der Waals surface area contributed by atoms with Crippen molar-refractivity contribution in [1.82, 2.24) is 9.36 Å². The van der Waals surface area contributed by atoms with Gasteiger partial charge < -0.3 is 9.47 Å². The Morgan fingerprint density at radius 3 is 1.90 bits per heavy atom. The maximum Gasteiger partial charge on any atom is 0.275 e. The van der Waals surface area contributed by atoms with Gasteiger partial charge in [0.2, 0.25) is 5.88 Å². The lowest BCUT2D eigenvalue weighted by Crippen LogP contribution is -2.20. The number of aromatic nitrogens is 2. The SMILES string of the molecule is N#Cc1ccc(OCCOc2cc(=O)n(-c3ccccc3)n2-c2ccccc2)cc1. The second kappa shape index (κ2) is 8.84. The van der Waals surface area contributed by atoms with Crippen molar-refractivity contribution < 1.29 is 9.47 Å². The van der Waals surface area contributed by atoms with Gasteiger partial charge in [-0.1, -0.05) is 36.4 Å². The van der Waals surface area contributed by atoms with E-state index in [9.17, 15) is 4.79 Å². The van der Waals surface area contributed by atoms with Crippen molar-refractivity contribution in [2.75, 3.05) is 13.2 Å². The molecule has 4 rings (SSSR count). The largest absolute Gasteiger partial charge is 0.490 e. The highest BCUT2D eigenvalue weighted by molar-refractivity contribution is 5.40. The van der Waals surface area contributed by atoms with Crippen molar-refractivity contribution in [3.8, 4) is 29.1 Å². The van der Waals surface area contributed by atoms with Gasteiger partial charge in [0.1, 0.15) is 19.0 Å². The van der Waals surface area contributed by atoms with Crippen LogP contribution in [0.3, 0.4) is 0 Å². The maximum atomic E-state index is 12.8. The molecule has 6 heteroatoms. The van der Waals surface area contributed by atoms with Crippen LogP contribution in [-0.4, -0.2) is 22.6 Å². The number of nitrogens with zero attached hydrogens (tertiary/aromatic N) is 3. The molecule has 30 heavy (non-hydrogen) atoms. The topological polar surface area (TPSA) is 69.2 Å². The molecule has 0 aliphatic rings. The molecule has 148 valence electrons. The van der Waals surface area contributed by atoms with Crippen molar-refractivity contribution in [1.29, 1.82) is 5.26 Å². The van der Waals surface area contributed by atoms with E-state index in [4.69, 9.17) is 14.7 Å². The van der Waals surface area contributed by atoms with Gasteiger partial charge in [-0.05, 0) is 48.5 Å². The summed E-state index contributed by atoms with van der Waals surface area (Å²) in [6.45, 7) is 0.552. The minimum atomic E-state index is -0.187. The number of para-hydroxylation sites is 2. The average molecular weight is 397 g/mol. The first-order chi connectivity index (χ1) is 14.8. The standard InChI is InChI=1S/C24H19N3O3/c25-18-19-11-13-22(14-12-19)29-15-16-30-24-17-23(28)26(20-7-3-1-4-8-20)27(24)21-9-5-2-6-10-21/h1-14,17H,15-16H2. The lowest BCUT2D eigenvalue weighted by atomic mass is 10.2. The molecule has 0 saturated heterocycles. The predicted octanol–water partition coefficient (Wildman–Crippen LogP) is 3.96. The first-order valence-corrected chi connectivity index (χ1v) is 9.48. The number of rotatable bonds is 7. The monoisotopic (exact) mass is 397 g/mol. The highest BCUT2D eigenvalue weighted by atomic mass is 16.5. The smallest absolute Gasteiger partial charge is 0.275 e. The molecule has 0 unspecified atom stereocenters. The third-order valence-electron chi connectivity index (χ3n) is 4.45. The van der Waals surface area contributed by atoms with Crippen LogP contribution in [0.4, 0.5) is 0 Å². The zero-order chi connectivity index (χ0) is 20.8. The zero-order valence-electron chi connectivity index (χ0n) is 16.1. The lowest BCUT2D eigenvalue weighted by Gasteiger charge is -2.15. The molecule has 0 N–H and O–H groups in total. The summed E-state index contributed by atoms with van der Waals surface area (Å²) in [5.41, 5.74) is 1.95. The summed E-state index contributed by atoms with van der Waals surface area (Å²) in [5.74, 6) is 1.08. The molecule has 1 heterocycles. The summed E-state index contributed by atoms with van der Waals surface area (Å²) in [6.07, 6.45) is 0. The van der Waals surface area contributed by atoms with Gasteiger partial charge >= 0.3 is 0 Å². The Bertz CT molecular complexity index is 1200. The minimum Gasteiger partial charge on any atom is -0.490 e. The Kier molecular flexibility index (Phi) is 5.63. The van der Waals surface area contributed by atoms with E-state index in [0.717, 1.165) is 11.4 Å². The molecule has 3 aromatic carbocycles. The highest BCUT2D eigenvalue weighted by Crippen LogP contribution is 2.20. The molecule has 0 aliphatic carbocycles. The molecule has 0 atom stereocenters. The summed E-state index contributed by atoms with van der Waals surface area (Å²) in [4.78, 5) is 12.8. The van der Waals surface area contributed by atoms with Crippen LogP contribution in [0.15, 0.2) is 95.8 Å². The van der Waals surface area contributed by atoms with Crippen molar-refractivity contribution >= 4 is 0 Å². The van der Waals surface area contributed by atoms with Gasteiger partial charge in [-0.15, -0.1) is 0 Å². The molecule has 0 fully saturated rings. The number of benzene rings is 3.